The van der Waals surface area contributed by atoms with Crippen LogP contribution in [0.1, 0.15) is 41.7 Å². The van der Waals surface area contributed by atoms with E-state index in [0.717, 1.165) is 48.0 Å². The van der Waals surface area contributed by atoms with E-state index in [1.807, 2.05) is 0 Å². The number of thiophene rings is 1. The predicted octanol–water partition coefficient (Wildman–Crippen LogP) is 2.80. The molecule has 0 unspecified atom stereocenters. The van der Waals surface area contributed by atoms with Crippen LogP contribution in [0.2, 0.25) is 0 Å². The van der Waals surface area contributed by atoms with Crippen LogP contribution in [0.4, 0.5) is 0 Å². The number of H-pyrrole nitrogens is 2. The van der Waals surface area contributed by atoms with Crippen LogP contribution in [-0.2, 0) is 25.0 Å². The van der Waals surface area contributed by atoms with Crippen LogP contribution in [0.3, 0.4) is 0 Å². The molecule has 8 heteroatoms. The Morgan fingerprint density at radius 1 is 1.24 bits per heavy atom. The van der Waals surface area contributed by atoms with E-state index in [0.29, 0.717) is 16.7 Å². The quantitative estimate of drug-likeness (QED) is 0.529. The number of nitrogens with zero attached hydrogens (tertiary/aromatic N) is 2. The number of fused-ring (bicyclic) bond motifs is 3. The van der Waals surface area contributed by atoms with Gasteiger partial charge in [0.05, 0.1) is 11.1 Å². The first-order chi connectivity index (χ1) is 12.1. The van der Waals surface area contributed by atoms with Gasteiger partial charge in [-0.2, -0.15) is 0 Å². The molecule has 3 aromatic rings. The highest BCUT2D eigenvalue weighted by molar-refractivity contribution is 7.98. The lowest BCUT2D eigenvalue weighted by molar-refractivity contribution is 0.815. The molecule has 3 aromatic heterocycles. The van der Waals surface area contributed by atoms with Gasteiger partial charge in [-0.1, -0.05) is 25.1 Å². The molecular formula is C17H18N4O2S2. The van der Waals surface area contributed by atoms with Crippen molar-refractivity contribution >= 4 is 33.3 Å². The fourth-order valence-electron chi connectivity index (χ4n) is 3.19. The average Bonchev–Trinajstić information content (AvgIpc) is 3.13. The van der Waals surface area contributed by atoms with E-state index in [4.69, 9.17) is 0 Å². The maximum absolute atomic E-state index is 12.5. The number of rotatable bonds is 5. The van der Waals surface area contributed by atoms with Crippen LogP contribution in [0.15, 0.2) is 20.8 Å². The van der Waals surface area contributed by atoms with Crippen LogP contribution in [0.25, 0.3) is 10.2 Å². The molecule has 0 atom stereocenters. The lowest BCUT2D eigenvalue weighted by atomic mass is 10.2. The lowest BCUT2D eigenvalue weighted by Crippen LogP contribution is -2.12. The van der Waals surface area contributed by atoms with Crippen LogP contribution < -0.4 is 11.1 Å². The van der Waals surface area contributed by atoms with Gasteiger partial charge in [0.15, 0.2) is 5.16 Å². The fourth-order valence-corrected chi connectivity index (χ4v) is 5.23. The number of aromatic amines is 2. The number of aromatic nitrogens is 4. The average molecular weight is 374 g/mol. The summed E-state index contributed by atoms with van der Waals surface area (Å²) in [6.45, 7) is 2.05. The minimum Gasteiger partial charge on any atom is -0.309 e. The summed E-state index contributed by atoms with van der Waals surface area (Å²) < 4.78 is 0. The Bertz CT molecular complexity index is 1050. The smallest absolute Gasteiger partial charge is 0.259 e. The molecule has 6 nitrogen and oxygen atoms in total. The molecule has 1 aliphatic rings. The zero-order valence-corrected chi connectivity index (χ0v) is 15.5. The van der Waals surface area contributed by atoms with E-state index in [1.165, 1.54) is 28.3 Å². The van der Waals surface area contributed by atoms with E-state index < -0.39 is 0 Å². The lowest BCUT2D eigenvalue weighted by Gasteiger charge is -2.04. The van der Waals surface area contributed by atoms with Gasteiger partial charge in [-0.25, -0.2) is 9.97 Å². The third-order valence-corrected chi connectivity index (χ3v) is 6.32. The second-order valence-electron chi connectivity index (χ2n) is 6.13. The Hall–Kier alpha value is -1.93. The number of hydrogen-bond acceptors (Lipinski definition) is 6. The maximum atomic E-state index is 12.5. The van der Waals surface area contributed by atoms with Crippen LogP contribution in [0, 0.1) is 0 Å². The van der Waals surface area contributed by atoms with Gasteiger partial charge in [-0.3, -0.25) is 9.59 Å². The standard InChI is InChI=1S/C17H18N4O2S2/c1-2-4-9-7-13(22)21-17(18-9)24-8-12-19-15(23)14-10-5-3-6-11(10)25-16(14)20-12/h7H,2-6,8H2,1H3,(H,18,21,22)(H,19,20,23). The summed E-state index contributed by atoms with van der Waals surface area (Å²) >= 11 is 3.02. The zero-order chi connectivity index (χ0) is 17.4. The van der Waals surface area contributed by atoms with Gasteiger partial charge in [-0.05, 0) is 31.2 Å². The van der Waals surface area contributed by atoms with E-state index in [1.54, 1.807) is 11.3 Å². The van der Waals surface area contributed by atoms with Gasteiger partial charge in [0.25, 0.3) is 11.1 Å². The van der Waals surface area contributed by atoms with Crippen molar-refractivity contribution in [3.63, 3.8) is 0 Å². The second kappa shape index (κ2) is 6.76. The van der Waals surface area contributed by atoms with Gasteiger partial charge in [0, 0.05) is 16.6 Å². The molecule has 4 rings (SSSR count). The Kier molecular flexibility index (Phi) is 4.47. The SMILES string of the molecule is CCCc1cc(=O)[nH]c(SCc2nc3sc4c(c3c(=O)[nH]2)CCC4)n1. The molecule has 1 aliphatic carbocycles. The molecule has 2 N–H and O–H groups in total. The predicted molar refractivity (Wildman–Crippen MR) is 101 cm³/mol. The zero-order valence-electron chi connectivity index (χ0n) is 13.8. The van der Waals surface area contributed by atoms with Crippen molar-refractivity contribution < 1.29 is 0 Å². The molecule has 25 heavy (non-hydrogen) atoms. The minimum absolute atomic E-state index is 0.0545. The summed E-state index contributed by atoms with van der Waals surface area (Å²) in [5.74, 6) is 1.08. The normalized spacial score (nSPS) is 13.5. The van der Waals surface area contributed by atoms with Crippen molar-refractivity contribution in [2.24, 2.45) is 0 Å². The summed E-state index contributed by atoms with van der Waals surface area (Å²) in [4.78, 5) is 41.0. The molecule has 0 saturated carbocycles. The third kappa shape index (κ3) is 3.28. The van der Waals surface area contributed by atoms with Gasteiger partial charge in [0.1, 0.15) is 10.7 Å². The molecule has 130 valence electrons. The Labute approximate surface area is 152 Å². The number of hydrogen-bond donors (Lipinski definition) is 2. The Morgan fingerprint density at radius 3 is 2.96 bits per heavy atom. The highest BCUT2D eigenvalue weighted by Gasteiger charge is 2.21. The first-order valence-electron chi connectivity index (χ1n) is 8.40. The molecule has 3 heterocycles. The summed E-state index contributed by atoms with van der Waals surface area (Å²) in [7, 11) is 0. The molecular weight excluding hydrogens is 356 g/mol. The van der Waals surface area contributed by atoms with E-state index in [2.05, 4.69) is 26.9 Å². The molecule has 0 aliphatic heterocycles. The number of aryl methyl sites for hydroxylation is 3. The topological polar surface area (TPSA) is 91.5 Å². The molecule has 0 aromatic carbocycles. The number of nitrogens with one attached hydrogen (secondary N) is 2. The first kappa shape index (κ1) is 16.5. The van der Waals surface area contributed by atoms with Gasteiger partial charge >= 0.3 is 0 Å². The van der Waals surface area contributed by atoms with E-state index >= 15 is 0 Å². The summed E-state index contributed by atoms with van der Waals surface area (Å²) in [5.41, 5.74) is 1.78. The van der Waals surface area contributed by atoms with Crippen molar-refractivity contribution in [1.82, 2.24) is 19.9 Å². The molecule has 0 spiro atoms. The highest BCUT2D eigenvalue weighted by atomic mass is 32.2. The van der Waals surface area contributed by atoms with Crippen molar-refractivity contribution in [2.75, 3.05) is 0 Å². The van der Waals surface area contributed by atoms with E-state index in [-0.39, 0.29) is 11.1 Å². The second-order valence-corrected chi connectivity index (χ2v) is 8.18. The number of thioether (sulfide) groups is 1. The van der Waals surface area contributed by atoms with Crippen LogP contribution in [0.5, 0.6) is 0 Å². The minimum atomic E-state index is -0.146. The Morgan fingerprint density at radius 2 is 2.12 bits per heavy atom. The monoisotopic (exact) mass is 374 g/mol. The summed E-state index contributed by atoms with van der Waals surface area (Å²) in [5, 5.41) is 1.33. The van der Waals surface area contributed by atoms with Crippen molar-refractivity contribution in [3.05, 3.63) is 48.7 Å². The van der Waals surface area contributed by atoms with Crippen LogP contribution >= 0.6 is 23.1 Å². The highest BCUT2D eigenvalue weighted by Crippen LogP contribution is 2.34. The Balaban J connectivity index is 1.59. The fraction of sp³-hybridized carbons (Fsp3) is 0.412. The molecule has 0 bridgehead atoms. The molecule has 0 amide bonds. The van der Waals surface area contributed by atoms with Gasteiger partial charge in [-0.15, -0.1) is 11.3 Å². The van der Waals surface area contributed by atoms with Crippen molar-refractivity contribution in [3.8, 4) is 0 Å². The summed E-state index contributed by atoms with van der Waals surface area (Å²) in [6.07, 6.45) is 4.87. The van der Waals surface area contributed by atoms with Gasteiger partial charge < -0.3 is 9.97 Å². The maximum Gasteiger partial charge on any atom is 0.259 e. The van der Waals surface area contributed by atoms with Crippen molar-refractivity contribution in [2.45, 2.75) is 49.9 Å². The molecule has 0 fully saturated rings. The van der Waals surface area contributed by atoms with Crippen LogP contribution in [-0.4, -0.2) is 19.9 Å². The molecule has 0 saturated heterocycles. The molecule has 0 radical (unpaired) electrons. The first-order valence-corrected chi connectivity index (χ1v) is 10.2. The van der Waals surface area contributed by atoms with Gasteiger partial charge in [0.2, 0.25) is 0 Å². The van der Waals surface area contributed by atoms with E-state index in [9.17, 15) is 9.59 Å². The summed E-state index contributed by atoms with van der Waals surface area (Å²) in [6, 6.07) is 1.53. The largest absolute Gasteiger partial charge is 0.309 e. The van der Waals surface area contributed by atoms with Crippen molar-refractivity contribution in [1.29, 1.82) is 0 Å². The third-order valence-electron chi connectivity index (χ3n) is 4.25.